The normalized spacial score (nSPS) is 12.2. The second-order valence-corrected chi connectivity index (χ2v) is 6.96. The highest BCUT2D eigenvalue weighted by molar-refractivity contribution is 7.91. The fourth-order valence-electron chi connectivity index (χ4n) is 1.67. The molecule has 0 spiro atoms. The minimum atomic E-state index is -2.97. The molecule has 0 unspecified atom stereocenters. The largest absolute Gasteiger partial charge is 0.493 e. The lowest BCUT2D eigenvalue weighted by atomic mass is 10.1. The minimum absolute atomic E-state index is 0.111. The summed E-state index contributed by atoms with van der Waals surface area (Å²) >= 11 is 0. The molecule has 118 valence electrons. The Morgan fingerprint density at radius 1 is 1.33 bits per heavy atom. The van der Waals surface area contributed by atoms with E-state index in [0.717, 1.165) is 5.56 Å². The zero-order valence-electron chi connectivity index (χ0n) is 12.5. The molecule has 0 atom stereocenters. The zero-order valence-corrected chi connectivity index (χ0v) is 13.3. The van der Waals surface area contributed by atoms with Crippen LogP contribution in [0.5, 0.6) is 11.5 Å². The highest BCUT2D eigenvalue weighted by Crippen LogP contribution is 2.28. The highest BCUT2D eigenvalue weighted by atomic mass is 32.2. The maximum absolute atomic E-state index is 11.4. The lowest BCUT2D eigenvalue weighted by molar-refractivity contribution is 0.294. The van der Waals surface area contributed by atoms with Crippen molar-refractivity contribution in [3.05, 3.63) is 23.8 Å². The number of sulfone groups is 1. The quantitative estimate of drug-likeness (QED) is 0.344. The van der Waals surface area contributed by atoms with Gasteiger partial charge in [0, 0.05) is 11.3 Å². The van der Waals surface area contributed by atoms with Gasteiger partial charge in [-0.1, -0.05) is 12.1 Å². The molecule has 0 aliphatic heterocycles. The van der Waals surface area contributed by atoms with Crippen molar-refractivity contribution >= 4 is 15.5 Å². The van der Waals surface area contributed by atoms with Gasteiger partial charge in [0.1, 0.15) is 9.84 Å². The summed E-state index contributed by atoms with van der Waals surface area (Å²) in [6.07, 6.45) is 0.429. The fourth-order valence-corrected chi connectivity index (χ4v) is 2.52. The van der Waals surface area contributed by atoms with Gasteiger partial charge in [0.05, 0.1) is 25.2 Å². The molecule has 0 bridgehead atoms. The minimum Gasteiger partial charge on any atom is -0.493 e. The third-order valence-electron chi connectivity index (χ3n) is 3.03. The van der Waals surface area contributed by atoms with Gasteiger partial charge >= 0.3 is 0 Å². The van der Waals surface area contributed by atoms with E-state index in [1.165, 1.54) is 7.11 Å². The predicted octanol–water partition coefficient (Wildman–Crippen LogP) is 2.10. The Kier molecular flexibility index (Phi) is 6.48. The number of ether oxygens (including phenoxy) is 2. The van der Waals surface area contributed by atoms with Gasteiger partial charge in [-0.2, -0.15) is 0 Å². The molecule has 0 aliphatic rings. The van der Waals surface area contributed by atoms with Crippen LogP contribution in [0.1, 0.15) is 25.8 Å². The van der Waals surface area contributed by atoms with Crippen molar-refractivity contribution in [2.75, 3.05) is 25.2 Å². The van der Waals surface area contributed by atoms with Gasteiger partial charge in [0.25, 0.3) is 0 Å². The SMILES string of the molecule is CCS(=O)(=O)CCCOc1ccc(C(C)=NO)cc1OC. The number of rotatable bonds is 8. The maximum Gasteiger partial charge on any atom is 0.161 e. The van der Waals surface area contributed by atoms with Gasteiger partial charge in [-0.25, -0.2) is 8.42 Å². The van der Waals surface area contributed by atoms with E-state index in [2.05, 4.69) is 5.16 Å². The number of hydrogen-bond acceptors (Lipinski definition) is 6. The fraction of sp³-hybridized carbons (Fsp3) is 0.500. The lowest BCUT2D eigenvalue weighted by Crippen LogP contribution is -2.12. The molecule has 7 heteroatoms. The molecular weight excluding hydrogens is 294 g/mol. The standard InChI is InChI=1S/C14H21NO5S/c1-4-21(17,18)9-5-8-20-13-7-6-12(11(2)15-16)10-14(13)19-3/h6-7,10,16H,4-5,8-9H2,1-3H3. The lowest BCUT2D eigenvalue weighted by Gasteiger charge is -2.12. The molecule has 0 radical (unpaired) electrons. The summed E-state index contributed by atoms with van der Waals surface area (Å²) in [5.74, 6) is 1.29. The van der Waals surface area contributed by atoms with Crippen LogP contribution in [0.2, 0.25) is 0 Å². The van der Waals surface area contributed by atoms with Gasteiger partial charge < -0.3 is 14.7 Å². The molecule has 0 saturated carbocycles. The first-order chi connectivity index (χ1) is 9.93. The van der Waals surface area contributed by atoms with Crippen molar-refractivity contribution in [3.63, 3.8) is 0 Å². The Labute approximate surface area is 125 Å². The highest BCUT2D eigenvalue weighted by Gasteiger charge is 2.10. The molecule has 0 amide bonds. The van der Waals surface area contributed by atoms with Crippen molar-refractivity contribution in [1.82, 2.24) is 0 Å². The Balaban J connectivity index is 2.67. The summed E-state index contributed by atoms with van der Waals surface area (Å²) in [6, 6.07) is 5.15. The van der Waals surface area contributed by atoms with Crippen molar-refractivity contribution in [2.24, 2.45) is 5.16 Å². The number of benzene rings is 1. The average Bonchev–Trinajstić information content (AvgIpc) is 2.50. The van der Waals surface area contributed by atoms with Gasteiger partial charge in [0.2, 0.25) is 0 Å². The molecule has 1 aromatic rings. The van der Waals surface area contributed by atoms with Gasteiger partial charge in [-0.3, -0.25) is 0 Å². The van der Waals surface area contributed by atoms with Crippen LogP contribution < -0.4 is 9.47 Å². The molecule has 0 fully saturated rings. The van der Waals surface area contributed by atoms with Crippen molar-refractivity contribution in [2.45, 2.75) is 20.3 Å². The Morgan fingerprint density at radius 2 is 2.05 bits per heavy atom. The van der Waals surface area contributed by atoms with Crippen LogP contribution in [0, 0.1) is 0 Å². The first kappa shape index (κ1) is 17.3. The van der Waals surface area contributed by atoms with E-state index in [1.807, 2.05) is 0 Å². The molecule has 1 rings (SSSR count). The third-order valence-corrected chi connectivity index (χ3v) is 4.82. The Morgan fingerprint density at radius 3 is 2.62 bits per heavy atom. The summed E-state index contributed by atoms with van der Waals surface area (Å²) < 4.78 is 33.5. The van der Waals surface area contributed by atoms with Crippen LogP contribution in [0.4, 0.5) is 0 Å². The summed E-state index contributed by atoms with van der Waals surface area (Å²) in [4.78, 5) is 0. The molecule has 0 aliphatic carbocycles. The van der Waals surface area contributed by atoms with Crippen LogP contribution in [-0.2, 0) is 9.84 Å². The third kappa shape index (κ3) is 5.26. The second-order valence-electron chi connectivity index (χ2n) is 4.49. The summed E-state index contributed by atoms with van der Waals surface area (Å²) in [5, 5.41) is 11.9. The summed E-state index contributed by atoms with van der Waals surface area (Å²) in [5.41, 5.74) is 1.18. The summed E-state index contributed by atoms with van der Waals surface area (Å²) in [6.45, 7) is 3.59. The number of hydrogen-bond donors (Lipinski definition) is 1. The van der Waals surface area contributed by atoms with Crippen LogP contribution in [-0.4, -0.2) is 44.6 Å². The van der Waals surface area contributed by atoms with Crippen LogP contribution in [0.15, 0.2) is 23.4 Å². The van der Waals surface area contributed by atoms with Gasteiger partial charge in [-0.15, -0.1) is 0 Å². The molecule has 1 N–H and O–H groups in total. The maximum atomic E-state index is 11.4. The van der Waals surface area contributed by atoms with E-state index in [4.69, 9.17) is 14.7 Å². The topological polar surface area (TPSA) is 85.2 Å². The van der Waals surface area contributed by atoms with E-state index >= 15 is 0 Å². The Hall–Kier alpha value is -1.76. The predicted molar refractivity (Wildman–Crippen MR) is 81.4 cm³/mol. The van der Waals surface area contributed by atoms with Crippen molar-refractivity contribution in [3.8, 4) is 11.5 Å². The molecule has 21 heavy (non-hydrogen) atoms. The van der Waals surface area contributed by atoms with Crippen molar-refractivity contribution < 1.29 is 23.1 Å². The monoisotopic (exact) mass is 315 g/mol. The van der Waals surface area contributed by atoms with E-state index < -0.39 is 9.84 Å². The molecular formula is C14H21NO5S. The van der Waals surface area contributed by atoms with Crippen LogP contribution in [0.25, 0.3) is 0 Å². The number of nitrogens with zero attached hydrogens (tertiary/aromatic N) is 1. The first-order valence-electron chi connectivity index (χ1n) is 6.63. The molecule has 1 aromatic carbocycles. The van der Waals surface area contributed by atoms with Crippen molar-refractivity contribution in [1.29, 1.82) is 0 Å². The smallest absolute Gasteiger partial charge is 0.161 e. The summed E-state index contributed by atoms with van der Waals surface area (Å²) in [7, 11) is -1.45. The van der Waals surface area contributed by atoms with E-state index in [1.54, 1.807) is 32.0 Å². The number of oxime groups is 1. The molecule has 0 saturated heterocycles. The van der Waals surface area contributed by atoms with E-state index in [9.17, 15) is 8.42 Å². The van der Waals surface area contributed by atoms with E-state index in [0.29, 0.717) is 30.2 Å². The Bertz CT molecular complexity index is 595. The molecule has 0 aromatic heterocycles. The van der Waals surface area contributed by atoms with Crippen LogP contribution >= 0.6 is 0 Å². The zero-order chi connectivity index (χ0) is 15.9. The van der Waals surface area contributed by atoms with Gasteiger partial charge in [-0.05, 0) is 31.5 Å². The van der Waals surface area contributed by atoms with E-state index in [-0.39, 0.29) is 11.5 Å². The van der Waals surface area contributed by atoms with Crippen LogP contribution in [0.3, 0.4) is 0 Å². The molecule has 0 heterocycles. The second kappa shape index (κ2) is 7.87. The first-order valence-corrected chi connectivity index (χ1v) is 8.46. The average molecular weight is 315 g/mol. The van der Waals surface area contributed by atoms with Gasteiger partial charge in [0.15, 0.2) is 11.5 Å². The number of methoxy groups -OCH3 is 1. The molecule has 6 nitrogen and oxygen atoms in total.